The first kappa shape index (κ1) is 9.58. The van der Waals surface area contributed by atoms with Gasteiger partial charge in [0.1, 0.15) is 0 Å². The van der Waals surface area contributed by atoms with Gasteiger partial charge in [-0.15, -0.1) is 0 Å². The van der Waals surface area contributed by atoms with E-state index >= 15 is 0 Å². The Morgan fingerprint density at radius 1 is 1.42 bits per heavy atom. The number of ether oxygens (including phenoxy) is 1. The summed E-state index contributed by atoms with van der Waals surface area (Å²) in [6.45, 7) is 0. The van der Waals surface area contributed by atoms with E-state index in [0.29, 0.717) is 5.82 Å². The van der Waals surface area contributed by atoms with Gasteiger partial charge >= 0.3 is 5.97 Å². The summed E-state index contributed by atoms with van der Waals surface area (Å²) in [6, 6.07) is 0. The Balaban J connectivity index is 2.30. The third-order valence-corrected chi connectivity index (χ3v) is 2.64. The molecule has 0 aromatic heterocycles. The molecule has 0 radical (unpaired) electrons. The van der Waals surface area contributed by atoms with Crippen molar-refractivity contribution in [1.82, 2.24) is 0 Å². The molecule has 0 unspecified atom stereocenters. The summed E-state index contributed by atoms with van der Waals surface area (Å²) in [5.74, 6) is 0.398. The van der Waals surface area contributed by atoms with Crippen LogP contribution in [0.25, 0.3) is 0 Å². The van der Waals surface area contributed by atoms with Crippen LogP contribution in [0.2, 0.25) is 5.82 Å². The molecule has 0 spiro atoms. The van der Waals surface area contributed by atoms with Crippen LogP contribution in [-0.4, -0.2) is 25.6 Å². The molecule has 0 aromatic carbocycles. The fraction of sp³-hybridized carbons (Fsp3) is 0.875. The third-order valence-electron chi connectivity index (χ3n) is 2.64. The molecule has 68 valence electrons. The zero-order chi connectivity index (χ0) is 8.97. The molecule has 1 fully saturated rings. The fourth-order valence-corrected chi connectivity index (χ4v) is 1.75. The number of hydrogen-bond acceptors (Lipinski definition) is 3. The van der Waals surface area contributed by atoms with Crippen LogP contribution in [-0.2, 0) is 9.53 Å². The second-order valence-electron chi connectivity index (χ2n) is 3.42. The number of carbonyl (C=O) groups excluding carboxylic acids is 1. The van der Waals surface area contributed by atoms with E-state index in [1.165, 1.54) is 7.11 Å². The second-order valence-corrected chi connectivity index (χ2v) is 3.42. The van der Waals surface area contributed by atoms with E-state index in [0.717, 1.165) is 25.7 Å². The van der Waals surface area contributed by atoms with Crippen molar-refractivity contribution in [2.24, 2.45) is 5.92 Å². The number of hydrogen-bond donors (Lipinski definition) is 1. The summed E-state index contributed by atoms with van der Waals surface area (Å²) in [5, 5.41) is 8.86. The topological polar surface area (TPSA) is 46.5 Å². The number of esters is 1. The molecule has 1 rings (SSSR count). The van der Waals surface area contributed by atoms with Gasteiger partial charge in [-0.05, 0) is 18.7 Å². The summed E-state index contributed by atoms with van der Waals surface area (Å²) >= 11 is 0. The Bertz CT molecular complexity index is 152. The van der Waals surface area contributed by atoms with Gasteiger partial charge in [0.05, 0.1) is 13.0 Å². The smallest absolute Gasteiger partial charge is 0.308 e. The van der Waals surface area contributed by atoms with Gasteiger partial charge in [0.25, 0.3) is 7.48 Å². The van der Waals surface area contributed by atoms with Crippen LogP contribution in [0.5, 0.6) is 0 Å². The van der Waals surface area contributed by atoms with Crippen molar-refractivity contribution in [3.05, 3.63) is 0 Å². The molecule has 1 saturated carbocycles. The average Bonchev–Trinajstić information content (AvgIpc) is 2.17. The lowest BCUT2D eigenvalue weighted by atomic mass is 9.68. The van der Waals surface area contributed by atoms with Gasteiger partial charge < -0.3 is 9.76 Å². The van der Waals surface area contributed by atoms with E-state index in [9.17, 15) is 4.79 Å². The van der Waals surface area contributed by atoms with E-state index in [1.807, 2.05) is 0 Å². The predicted octanol–water partition coefficient (Wildman–Crippen LogP) is 0.482. The summed E-state index contributed by atoms with van der Waals surface area (Å²) in [6.07, 6.45) is 3.66. The Morgan fingerprint density at radius 3 is 2.42 bits per heavy atom. The van der Waals surface area contributed by atoms with E-state index in [-0.39, 0.29) is 19.4 Å². The summed E-state index contributed by atoms with van der Waals surface area (Å²) < 4.78 is 4.66. The van der Waals surface area contributed by atoms with E-state index in [1.54, 1.807) is 0 Å². The van der Waals surface area contributed by atoms with Gasteiger partial charge in [0.2, 0.25) is 0 Å². The highest BCUT2D eigenvalue weighted by Crippen LogP contribution is 2.32. The summed E-state index contributed by atoms with van der Waals surface area (Å²) in [7, 11) is 1.69. The van der Waals surface area contributed by atoms with Gasteiger partial charge in [-0.25, -0.2) is 0 Å². The lowest BCUT2D eigenvalue weighted by Gasteiger charge is -2.24. The molecule has 0 bridgehead atoms. The van der Waals surface area contributed by atoms with Crippen LogP contribution < -0.4 is 0 Å². The average molecular weight is 170 g/mol. The number of carbonyl (C=O) groups is 1. The lowest BCUT2D eigenvalue weighted by molar-refractivity contribution is -0.146. The Morgan fingerprint density at radius 2 is 2.00 bits per heavy atom. The van der Waals surface area contributed by atoms with Crippen LogP contribution in [0.4, 0.5) is 0 Å². The van der Waals surface area contributed by atoms with Crippen LogP contribution in [0.15, 0.2) is 0 Å². The molecule has 0 atom stereocenters. The zero-order valence-corrected chi connectivity index (χ0v) is 7.45. The maximum absolute atomic E-state index is 11.1. The minimum atomic E-state index is -0.0913. The van der Waals surface area contributed by atoms with E-state index in [4.69, 9.17) is 5.02 Å². The lowest BCUT2D eigenvalue weighted by Crippen LogP contribution is -2.22. The minimum Gasteiger partial charge on any atom is -0.469 e. The number of methoxy groups -OCH3 is 1. The zero-order valence-electron chi connectivity index (χ0n) is 7.45. The van der Waals surface area contributed by atoms with Gasteiger partial charge in [0.15, 0.2) is 0 Å². The van der Waals surface area contributed by atoms with E-state index in [2.05, 4.69) is 4.74 Å². The predicted molar refractivity (Wildman–Crippen MR) is 47.1 cm³/mol. The van der Waals surface area contributed by atoms with Crippen LogP contribution >= 0.6 is 0 Å². The quantitative estimate of drug-likeness (QED) is 0.484. The normalized spacial score (nSPS) is 29.5. The third kappa shape index (κ3) is 2.24. The Hall–Kier alpha value is -0.505. The maximum atomic E-state index is 11.1. The van der Waals surface area contributed by atoms with Gasteiger partial charge in [-0.1, -0.05) is 12.8 Å². The molecule has 3 nitrogen and oxygen atoms in total. The molecule has 0 amide bonds. The van der Waals surface area contributed by atoms with Crippen LogP contribution in [0.3, 0.4) is 0 Å². The molecule has 0 aliphatic heterocycles. The first-order chi connectivity index (χ1) is 5.77. The van der Waals surface area contributed by atoms with Crippen LogP contribution in [0.1, 0.15) is 25.7 Å². The largest absolute Gasteiger partial charge is 0.469 e. The maximum Gasteiger partial charge on any atom is 0.308 e. The highest BCUT2D eigenvalue weighted by molar-refractivity contribution is 6.27. The standard InChI is InChI=1S/C8H15BO3/c1-12-8(10)6-2-4-7(9-11)5-3-6/h6-7,9,11H,2-5H2,1H3. The Labute approximate surface area is 73.4 Å². The molecule has 12 heavy (non-hydrogen) atoms. The molecule has 1 aliphatic rings. The molecule has 0 saturated heterocycles. The van der Waals surface area contributed by atoms with Crippen molar-refractivity contribution in [3.8, 4) is 0 Å². The molecule has 1 aliphatic carbocycles. The first-order valence-electron chi connectivity index (χ1n) is 4.46. The molecule has 0 aromatic rings. The SMILES string of the molecule is COC(=O)C1CCC(BO)CC1. The number of rotatable bonds is 2. The summed E-state index contributed by atoms with van der Waals surface area (Å²) in [5.41, 5.74) is 0. The van der Waals surface area contributed by atoms with Crippen molar-refractivity contribution in [2.45, 2.75) is 31.5 Å². The molecule has 4 heteroatoms. The van der Waals surface area contributed by atoms with Gasteiger partial charge in [0, 0.05) is 0 Å². The molecule has 0 heterocycles. The van der Waals surface area contributed by atoms with Gasteiger partial charge in [-0.2, -0.15) is 0 Å². The molecular formula is C8H15BO3. The monoisotopic (exact) mass is 170 g/mol. The van der Waals surface area contributed by atoms with Crippen molar-refractivity contribution >= 4 is 13.5 Å². The van der Waals surface area contributed by atoms with Gasteiger partial charge in [-0.3, -0.25) is 4.79 Å². The van der Waals surface area contributed by atoms with Crippen molar-refractivity contribution < 1.29 is 14.6 Å². The highest BCUT2D eigenvalue weighted by atomic mass is 16.5. The minimum absolute atomic E-state index is 0.0813. The van der Waals surface area contributed by atoms with Crippen molar-refractivity contribution in [3.63, 3.8) is 0 Å². The fourth-order valence-electron chi connectivity index (χ4n) is 1.75. The molecular weight excluding hydrogens is 155 g/mol. The second kappa shape index (κ2) is 4.50. The van der Waals surface area contributed by atoms with E-state index < -0.39 is 0 Å². The van der Waals surface area contributed by atoms with Crippen molar-refractivity contribution in [1.29, 1.82) is 0 Å². The van der Waals surface area contributed by atoms with Crippen molar-refractivity contribution in [2.75, 3.05) is 7.11 Å². The highest BCUT2D eigenvalue weighted by Gasteiger charge is 2.26. The Kier molecular flexibility index (Phi) is 3.60. The molecule has 1 N–H and O–H groups in total. The summed E-state index contributed by atoms with van der Waals surface area (Å²) in [4.78, 5) is 11.1. The first-order valence-corrected chi connectivity index (χ1v) is 4.46. The van der Waals surface area contributed by atoms with Crippen LogP contribution in [0, 0.1) is 5.92 Å².